The summed E-state index contributed by atoms with van der Waals surface area (Å²) in [5, 5.41) is 7.22. The summed E-state index contributed by atoms with van der Waals surface area (Å²) >= 11 is 0. The quantitative estimate of drug-likeness (QED) is 0.855. The molecule has 0 atom stereocenters. The Balaban J connectivity index is 1.91. The fraction of sp³-hybridized carbons (Fsp3) is 0.444. The highest BCUT2D eigenvalue weighted by Gasteiger charge is 2.14. The highest BCUT2D eigenvalue weighted by molar-refractivity contribution is 5.93. The van der Waals surface area contributed by atoms with Crippen molar-refractivity contribution in [2.75, 3.05) is 13.1 Å². The molecule has 1 aromatic heterocycles. The Morgan fingerprint density at radius 1 is 1.17 bits per heavy atom. The summed E-state index contributed by atoms with van der Waals surface area (Å²) in [5.74, 6) is -0.0837. The second kappa shape index (κ2) is 7.92. The number of nitrogens with zero attached hydrogens (tertiary/aromatic N) is 3. The number of hydrogen-bond donors (Lipinski definition) is 1. The van der Waals surface area contributed by atoms with E-state index >= 15 is 0 Å². The van der Waals surface area contributed by atoms with E-state index in [0.717, 1.165) is 12.2 Å². The molecule has 1 N–H and O–H groups in total. The van der Waals surface area contributed by atoms with Gasteiger partial charge in [-0.3, -0.25) is 9.69 Å². The van der Waals surface area contributed by atoms with E-state index in [1.807, 2.05) is 30.3 Å². The summed E-state index contributed by atoms with van der Waals surface area (Å²) < 4.78 is 1.71. The van der Waals surface area contributed by atoms with Gasteiger partial charge in [0.15, 0.2) is 0 Å². The lowest BCUT2D eigenvalue weighted by atomic mass is 10.2. The molecular formula is C18H26N4O. The molecule has 2 rings (SSSR count). The first-order valence-corrected chi connectivity index (χ1v) is 8.13. The Hall–Kier alpha value is -2.14. The number of nitrogens with one attached hydrogen (secondary N) is 1. The molecule has 0 unspecified atom stereocenters. The largest absolute Gasteiger partial charge is 0.351 e. The van der Waals surface area contributed by atoms with Gasteiger partial charge in [0.1, 0.15) is 0 Å². The third-order valence-corrected chi connectivity index (χ3v) is 3.85. The van der Waals surface area contributed by atoms with E-state index in [4.69, 9.17) is 0 Å². The van der Waals surface area contributed by atoms with E-state index in [1.165, 1.54) is 0 Å². The van der Waals surface area contributed by atoms with Crippen molar-refractivity contribution in [3.05, 3.63) is 48.3 Å². The van der Waals surface area contributed by atoms with E-state index in [-0.39, 0.29) is 5.91 Å². The van der Waals surface area contributed by atoms with Gasteiger partial charge in [0.2, 0.25) is 0 Å². The zero-order valence-electron chi connectivity index (χ0n) is 14.4. The lowest BCUT2D eigenvalue weighted by molar-refractivity contribution is 0.0939. The van der Waals surface area contributed by atoms with Crippen LogP contribution in [0.2, 0.25) is 0 Å². The minimum absolute atomic E-state index is 0.0837. The van der Waals surface area contributed by atoms with Crippen LogP contribution in [0.15, 0.2) is 42.7 Å². The number of carbonyl (C=O) groups excluding carboxylic acids is 1. The summed E-state index contributed by atoms with van der Waals surface area (Å²) in [5.41, 5.74) is 1.52. The summed E-state index contributed by atoms with van der Waals surface area (Å²) in [4.78, 5) is 14.6. The third kappa shape index (κ3) is 4.66. The maximum Gasteiger partial charge on any atom is 0.254 e. The van der Waals surface area contributed by atoms with Gasteiger partial charge in [0.25, 0.3) is 5.91 Å². The minimum Gasteiger partial charge on any atom is -0.351 e. The first kappa shape index (κ1) is 17.2. The van der Waals surface area contributed by atoms with Gasteiger partial charge in [-0.05, 0) is 39.8 Å². The van der Waals surface area contributed by atoms with Crippen molar-refractivity contribution in [3.8, 4) is 5.69 Å². The first-order valence-electron chi connectivity index (χ1n) is 8.13. The Bertz CT molecular complexity index is 611. The summed E-state index contributed by atoms with van der Waals surface area (Å²) in [6.07, 6.45) is 3.36. The molecule has 124 valence electrons. The van der Waals surface area contributed by atoms with Crippen LogP contribution in [0.1, 0.15) is 38.1 Å². The molecule has 0 saturated carbocycles. The average molecular weight is 314 g/mol. The topological polar surface area (TPSA) is 50.2 Å². The van der Waals surface area contributed by atoms with E-state index in [1.54, 1.807) is 17.1 Å². The van der Waals surface area contributed by atoms with Crippen LogP contribution < -0.4 is 5.32 Å². The Labute approximate surface area is 138 Å². The second-order valence-electron chi connectivity index (χ2n) is 6.19. The van der Waals surface area contributed by atoms with E-state index < -0.39 is 0 Å². The lowest BCUT2D eigenvalue weighted by Gasteiger charge is -2.30. The predicted octanol–water partition coefficient (Wildman–Crippen LogP) is 2.72. The minimum atomic E-state index is -0.0837. The number of hydrogen-bond acceptors (Lipinski definition) is 3. The number of aromatic nitrogens is 2. The normalized spacial score (nSPS) is 11.4. The second-order valence-corrected chi connectivity index (χ2v) is 6.19. The number of carbonyl (C=O) groups is 1. The maximum atomic E-state index is 12.2. The number of rotatable bonds is 7. The Morgan fingerprint density at radius 2 is 1.83 bits per heavy atom. The fourth-order valence-electron chi connectivity index (χ4n) is 2.68. The molecule has 0 fully saturated rings. The molecule has 5 heteroatoms. The summed E-state index contributed by atoms with van der Waals surface area (Å²) in [6, 6.07) is 10.7. The summed E-state index contributed by atoms with van der Waals surface area (Å²) in [7, 11) is 0. The molecule has 2 aromatic rings. The van der Waals surface area contributed by atoms with E-state index in [0.29, 0.717) is 24.2 Å². The SMILES string of the molecule is CC(C)N(CCNC(=O)c1cnn(-c2ccccc2)c1)C(C)C. The molecule has 23 heavy (non-hydrogen) atoms. The first-order chi connectivity index (χ1) is 11.0. The van der Waals surface area contributed by atoms with E-state index in [9.17, 15) is 4.79 Å². The van der Waals surface area contributed by atoms with Crippen molar-refractivity contribution in [1.29, 1.82) is 0 Å². The van der Waals surface area contributed by atoms with Crippen LogP contribution in [0.25, 0.3) is 5.69 Å². The van der Waals surface area contributed by atoms with Gasteiger partial charge in [-0.2, -0.15) is 5.10 Å². The molecule has 1 aromatic carbocycles. The molecule has 1 amide bonds. The average Bonchev–Trinajstić information content (AvgIpc) is 3.01. The predicted molar refractivity (Wildman–Crippen MR) is 92.9 cm³/mol. The molecule has 5 nitrogen and oxygen atoms in total. The van der Waals surface area contributed by atoms with Gasteiger partial charge in [0, 0.05) is 31.4 Å². The third-order valence-electron chi connectivity index (χ3n) is 3.85. The highest BCUT2D eigenvalue weighted by Crippen LogP contribution is 2.08. The van der Waals surface area contributed by atoms with Gasteiger partial charge in [-0.25, -0.2) is 4.68 Å². The van der Waals surface area contributed by atoms with Crippen molar-refractivity contribution < 1.29 is 4.79 Å². The zero-order chi connectivity index (χ0) is 16.8. The molecule has 1 heterocycles. The van der Waals surface area contributed by atoms with Crippen LogP contribution in [0.5, 0.6) is 0 Å². The summed E-state index contributed by atoms with van der Waals surface area (Å²) in [6.45, 7) is 10.2. The van der Waals surface area contributed by atoms with Crippen LogP contribution >= 0.6 is 0 Å². The number of benzene rings is 1. The van der Waals surface area contributed by atoms with Gasteiger partial charge < -0.3 is 5.32 Å². The molecule has 0 bridgehead atoms. The number of para-hydroxylation sites is 1. The number of amides is 1. The van der Waals surface area contributed by atoms with Crippen molar-refractivity contribution >= 4 is 5.91 Å². The zero-order valence-corrected chi connectivity index (χ0v) is 14.4. The van der Waals surface area contributed by atoms with Gasteiger partial charge in [0.05, 0.1) is 17.4 Å². The fourth-order valence-corrected chi connectivity index (χ4v) is 2.68. The molecule has 0 aliphatic carbocycles. The van der Waals surface area contributed by atoms with Crippen LogP contribution in [0.3, 0.4) is 0 Å². The molecule has 0 radical (unpaired) electrons. The van der Waals surface area contributed by atoms with Crippen LogP contribution in [0, 0.1) is 0 Å². The monoisotopic (exact) mass is 314 g/mol. The van der Waals surface area contributed by atoms with Crippen molar-refractivity contribution in [2.45, 2.75) is 39.8 Å². The Morgan fingerprint density at radius 3 is 2.43 bits per heavy atom. The van der Waals surface area contributed by atoms with Gasteiger partial charge >= 0.3 is 0 Å². The van der Waals surface area contributed by atoms with Crippen molar-refractivity contribution in [2.24, 2.45) is 0 Å². The van der Waals surface area contributed by atoms with Gasteiger partial charge in [-0.15, -0.1) is 0 Å². The maximum absolute atomic E-state index is 12.2. The van der Waals surface area contributed by atoms with Crippen LogP contribution in [0.4, 0.5) is 0 Å². The van der Waals surface area contributed by atoms with Crippen molar-refractivity contribution in [3.63, 3.8) is 0 Å². The standard InChI is InChI=1S/C18H26N4O/c1-14(2)21(15(3)4)11-10-19-18(23)16-12-20-22(13-16)17-8-6-5-7-9-17/h5-9,12-15H,10-11H2,1-4H3,(H,19,23). The molecule has 0 saturated heterocycles. The van der Waals surface area contributed by atoms with Crippen LogP contribution in [-0.2, 0) is 0 Å². The molecule has 0 spiro atoms. The lowest BCUT2D eigenvalue weighted by Crippen LogP contribution is -2.42. The molecular weight excluding hydrogens is 288 g/mol. The Kier molecular flexibility index (Phi) is 5.93. The van der Waals surface area contributed by atoms with E-state index in [2.05, 4.69) is 43.0 Å². The smallest absolute Gasteiger partial charge is 0.254 e. The van der Waals surface area contributed by atoms with Gasteiger partial charge in [-0.1, -0.05) is 18.2 Å². The van der Waals surface area contributed by atoms with Crippen LogP contribution in [-0.4, -0.2) is 45.8 Å². The van der Waals surface area contributed by atoms with Crippen molar-refractivity contribution in [1.82, 2.24) is 20.0 Å². The highest BCUT2D eigenvalue weighted by atomic mass is 16.1. The molecule has 0 aliphatic heterocycles. The molecule has 0 aliphatic rings.